The Labute approximate surface area is 179 Å². The Hall–Kier alpha value is -3.40. The lowest BCUT2D eigenvalue weighted by Crippen LogP contribution is -2.38. The minimum Gasteiger partial charge on any atom is -0.477 e. The number of rotatable bonds is 4. The molecule has 2 aliphatic rings. The fraction of sp³-hybridized carbons (Fsp3) is 0.318. The van der Waals surface area contributed by atoms with Crippen LogP contribution in [0, 0.1) is 28.8 Å². The zero-order valence-corrected chi connectivity index (χ0v) is 16.8. The molecule has 3 aromatic rings. The van der Waals surface area contributed by atoms with Crippen LogP contribution in [0.15, 0.2) is 35.3 Å². The fourth-order valence-electron chi connectivity index (χ4n) is 4.70. The summed E-state index contributed by atoms with van der Waals surface area (Å²) in [6, 6.07) is 3.67. The molecule has 3 N–H and O–H groups in total. The van der Waals surface area contributed by atoms with E-state index in [4.69, 9.17) is 5.73 Å². The molecule has 1 aliphatic heterocycles. The summed E-state index contributed by atoms with van der Waals surface area (Å²) in [5.74, 6) is -3.82. The summed E-state index contributed by atoms with van der Waals surface area (Å²) in [6.45, 7) is 1.64. The van der Waals surface area contributed by atoms with Gasteiger partial charge in [-0.25, -0.2) is 22.9 Å². The van der Waals surface area contributed by atoms with E-state index in [9.17, 15) is 23.5 Å². The van der Waals surface area contributed by atoms with Gasteiger partial charge < -0.3 is 15.7 Å². The van der Waals surface area contributed by atoms with Crippen LogP contribution < -0.4 is 16.1 Å². The number of carboxylic acids is 1. The first kappa shape index (κ1) is 20.5. The highest BCUT2D eigenvalue weighted by Gasteiger charge is 2.55. The smallest absolute Gasteiger partial charge is 0.341 e. The molecule has 2 unspecified atom stereocenters. The molecule has 3 heterocycles. The van der Waals surface area contributed by atoms with Gasteiger partial charge in [-0.2, -0.15) is 0 Å². The summed E-state index contributed by atoms with van der Waals surface area (Å²) < 4.78 is 44.1. The monoisotopic (exact) mass is 444 g/mol. The molecule has 0 spiro atoms. The highest BCUT2D eigenvalue weighted by Crippen LogP contribution is 2.57. The van der Waals surface area contributed by atoms with Crippen LogP contribution in [0.5, 0.6) is 0 Å². The Balaban J connectivity index is 1.71. The number of nitrogens with two attached hydrogens (primary N) is 1. The molecule has 2 aromatic heterocycles. The molecule has 10 heteroatoms. The second-order valence-electron chi connectivity index (χ2n) is 8.47. The van der Waals surface area contributed by atoms with Crippen LogP contribution in [-0.4, -0.2) is 40.3 Å². The number of halogens is 3. The highest BCUT2D eigenvalue weighted by atomic mass is 19.1. The van der Waals surface area contributed by atoms with E-state index in [-0.39, 0.29) is 28.0 Å². The topological polar surface area (TPSA) is 101 Å². The molecule has 1 saturated heterocycles. The quantitative estimate of drug-likeness (QED) is 0.642. The van der Waals surface area contributed by atoms with E-state index in [0.717, 1.165) is 41.8 Å². The maximum Gasteiger partial charge on any atom is 0.341 e. The Kier molecular flexibility index (Phi) is 4.52. The van der Waals surface area contributed by atoms with E-state index in [1.54, 1.807) is 4.90 Å². The minimum atomic E-state index is -1.56. The number of aromatic carboxylic acids is 1. The molecular weight excluding hydrogens is 425 g/mol. The molecule has 1 saturated carbocycles. The number of hydrogen-bond donors (Lipinski definition) is 2. The number of anilines is 1. The summed E-state index contributed by atoms with van der Waals surface area (Å²) in [4.78, 5) is 30.4. The lowest BCUT2D eigenvalue weighted by molar-refractivity contribution is 0.0695. The Bertz CT molecular complexity index is 1340. The molecule has 5 rings (SSSR count). The largest absolute Gasteiger partial charge is 0.477 e. The summed E-state index contributed by atoms with van der Waals surface area (Å²) in [6.07, 6.45) is 2.67. The van der Waals surface area contributed by atoms with Crippen molar-refractivity contribution in [3.63, 3.8) is 0 Å². The van der Waals surface area contributed by atoms with Crippen LogP contribution in [0.1, 0.15) is 23.2 Å². The molecule has 2 fully saturated rings. The number of hydrogen-bond acceptors (Lipinski definition) is 5. The number of pyridine rings is 2. The van der Waals surface area contributed by atoms with E-state index >= 15 is 4.39 Å². The Morgan fingerprint density at radius 1 is 1.25 bits per heavy atom. The summed E-state index contributed by atoms with van der Waals surface area (Å²) in [5.41, 5.74) is 4.02. The number of piperidine rings is 1. The molecule has 32 heavy (non-hydrogen) atoms. The third-order valence-electron chi connectivity index (χ3n) is 6.70. The number of aromatic nitrogens is 2. The zero-order chi connectivity index (χ0) is 22.8. The molecule has 7 nitrogen and oxygen atoms in total. The van der Waals surface area contributed by atoms with Crippen LogP contribution in [0.2, 0.25) is 0 Å². The maximum absolute atomic E-state index is 15.1. The van der Waals surface area contributed by atoms with Gasteiger partial charge in [0.25, 0.3) is 0 Å². The second kappa shape index (κ2) is 7.06. The van der Waals surface area contributed by atoms with Gasteiger partial charge in [0.05, 0.1) is 11.1 Å². The number of carboxylic acid groups (broad SMARTS) is 1. The van der Waals surface area contributed by atoms with E-state index < -0.39 is 34.4 Å². The summed E-state index contributed by atoms with van der Waals surface area (Å²) in [7, 11) is 0. The number of benzene rings is 1. The van der Waals surface area contributed by atoms with Crippen LogP contribution in [0.4, 0.5) is 19.0 Å². The molecule has 1 aliphatic carbocycles. The third-order valence-corrected chi connectivity index (χ3v) is 6.70. The van der Waals surface area contributed by atoms with Gasteiger partial charge >= 0.3 is 5.97 Å². The van der Waals surface area contributed by atoms with Gasteiger partial charge in [-0.1, -0.05) is 0 Å². The molecule has 2 atom stereocenters. The SMILES string of the molecule is NCC12CCN(c3nc4c(cc3F)c(=O)c(C(=O)O)cn4-c3ccc(F)cc3F)CC1C2. The van der Waals surface area contributed by atoms with Crippen molar-refractivity contribution in [2.45, 2.75) is 12.8 Å². The van der Waals surface area contributed by atoms with Gasteiger partial charge in [-0.05, 0) is 48.9 Å². The molecule has 1 aromatic carbocycles. The number of nitrogens with zero attached hydrogens (tertiary/aromatic N) is 3. The number of carbonyl (C=O) groups is 1. The van der Waals surface area contributed by atoms with Crippen molar-refractivity contribution >= 4 is 22.8 Å². The predicted molar refractivity (Wildman–Crippen MR) is 111 cm³/mol. The normalized spacial score (nSPS) is 22.1. The lowest BCUT2D eigenvalue weighted by atomic mass is 9.95. The lowest BCUT2D eigenvalue weighted by Gasteiger charge is -2.32. The highest BCUT2D eigenvalue weighted by molar-refractivity contribution is 5.92. The minimum absolute atomic E-state index is 0.00577. The van der Waals surface area contributed by atoms with E-state index in [2.05, 4.69) is 4.98 Å². The summed E-state index contributed by atoms with van der Waals surface area (Å²) in [5, 5.41) is 9.11. The predicted octanol–water partition coefficient (Wildman–Crippen LogP) is 2.68. The van der Waals surface area contributed by atoms with Gasteiger partial charge in [-0.15, -0.1) is 0 Å². The fourth-order valence-corrected chi connectivity index (χ4v) is 4.70. The van der Waals surface area contributed by atoms with Crippen molar-refractivity contribution in [2.24, 2.45) is 17.1 Å². The average Bonchev–Trinajstić information content (AvgIpc) is 3.48. The molecule has 166 valence electrons. The first-order valence-electron chi connectivity index (χ1n) is 10.1. The van der Waals surface area contributed by atoms with Gasteiger partial charge in [0.15, 0.2) is 17.3 Å². The van der Waals surface area contributed by atoms with Crippen LogP contribution >= 0.6 is 0 Å². The zero-order valence-electron chi connectivity index (χ0n) is 16.8. The van der Waals surface area contributed by atoms with E-state index in [0.29, 0.717) is 31.6 Å². The van der Waals surface area contributed by atoms with Crippen LogP contribution in [-0.2, 0) is 0 Å². The van der Waals surface area contributed by atoms with Gasteiger partial charge in [0.1, 0.15) is 17.2 Å². The van der Waals surface area contributed by atoms with E-state index in [1.807, 2.05) is 0 Å². The van der Waals surface area contributed by atoms with Crippen LogP contribution in [0.25, 0.3) is 16.7 Å². The van der Waals surface area contributed by atoms with Gasteiger partial charge in [0, 0.05) is 25.4 Å². The number of fused-ring (bicyclic) bond motifs is 2. The van der Waals surface area contributed by atoms with Crippen molar-refractivity contribution in [1.82, 2.24) is 9.55 Å². The standard InChI is InChI=1S/C22H19F3N4O3/c23-12-1-2-17(15(24)5-12)29-9-14(21(31)32)18(30)13-6-16(25)20(27-19(13)29)28-4-3-22(10-26)7-11(22)8-28/h1-2,5-6,9,11H,3-4,7-8,10,26H2,(H,31,32). The van der Waals surface area contributed by atoms with Crippen molar-refractivity contribution < 1.29 is 23.1 Å². The first-order chi connectivity index (χ1) is 15.2. The maximum atomic E-state index is 15.1. The van der Waals surface area contributed by atoms with Crippen molar-refractivity contribution in [1.29, 1.82) is 0 Å². The Morgan fingerprint density at radius 2 is 2.03 bits per heavy atom. The van der Waals surface area contributed by atoms with Crippen LogP contribution in [0.3, 0.4) is 0 Å². The first-order valence-corrected chi connectivity index (χ1v) is 10.1. The molecular formula is C22H19F3N4O3. The van der Waals surface area contributed by atoms with E-state index in [1.165, 1.54) is 0 Å². The Morgan fingerprint density at radius 3 is 2.69 bits per heavy atom. The van der Waals surface area contributed by atoms with Gasteiger partial charge in [0.2, 0.25) is 5.43 Å². The van der Waals surface area contributed by atoms with Crippen molar-refractivity contribution in [3.05, 3.63) is 63.7 Å². The molecule has 0 bridgehead atoms. The van der Waals surface area contributed by atoms with Crippen molar-refractivity contribution in [2.75, 3.05) is 24.5 Å². The van der Waals surface area contributed by atoms with Crippen molar-refractivity contribution in [3.8, 4) is 5.69 Å². The summed E-state index contributed by atoms with van der Waals surface area (Å²) >= 11 is 0. The third kappa shape index (κ3) is 3.05. The molecule has 0 amide bonds. The average molecular weight is 444 g/mol. The van der Waals surface area contributed by atoms with Gasteiger partial charge in [-0.3, -0.25) is 9.36 Å². The second-order valence-corrected chi connectivity index (χ2v) is 8.47. The molecule has 0 radical (unpaired) electrons.